The first-order valence-corrected chi connectivity index (χ1v) is 6.09. The predicted molar refractivity (Wildman–Crippen MR) is 47.7 cm³/mol. The van der Waals surface area contributed by atoms with Gasteiger partial charge < -0.3 is 9.79 Å². The van der Waals surface area contributed by atoms with Gasteiger partial charge in [-0.3, -0.25) is 4.52 Å². The fourth-order valence-corrected chi connectivity index (χ4v) is 1.65. The molecule has 2 N–H and O–H groups in total. The molecule has 17 heavy (non-hydrogen) atoms. The lowest BCUT2D eigenvalue weighted by molar-refractivity contribution is -0.192. The van der Waals surface area contributed by atoms with Gasteiger partial charge in [-0.2, -0.15) is 8.78 Å². The van der Waals surface area contributed by atoms with Crippen LogP contribution in [-0.2, 0) is 9.09 Å². The maximum absolute atomic E-state index is 13.1. The SMILES string of the molecule is CCCC(OP(=O)(O)O)C(F)C(F)(F)C(F)F. The Kier molecular flexibility index (Phi) is 6.00. The minimum atomic E-state index is -5.22. The van der Waals surface area contributed by atoms with E-state index in [1.807, 2.05) is 0 Å². The van der Waals surface area contributed by atoms with Crippen LogP contribution in [0.25, 0.3) is 0 Å². The number of phosphoric ester groups is 1. The third kappa shape index (κ3) is 5.29. The number of alkyl halides is 5. The van der Waals surface area contributed by atoms with Crippen LogP contribution in [0.15, 0.2) is 0 Å². The van der Waals surface area contributed by atoms with Gasteiger partial charge in [0.05, 0.1) is 0 Å². The molecule has 0 spiro atoms. The van der Waals surface area contributed by atoms with Crippen LogP contribution in [0.3, 0.4) is 0 Å². The smallest absolute Gasteiger partial charge is 0.303 e. The molecule has 0 aromatic carbocycles. The maximum atomic E-state index is 13.1. The van der Waals surface area contributed by atoms with Crippen LogP contribution in [-0.4, -0.2) is 34.4 Å². The lowest BCUT2D eigenvalue weighted by atomic mass is 10.0. The highest BCUT2D eigenvalue weighted by Crippen LogP contribution is 2.43. The lowest BCUT2D eigenvalue weighted by Gasteiger charge is -2.27. The van der Waals surface area contributed by atoms with Crippen molar-refractivity contribution in [2.24, 2.45) is 0 Å². The van der Waals surface area contributed by atoms with E-state index in [1.54, 1.807) is 0 Å². The van der Waals surface area contributed by atoms with E-state index >= 15 is 0 Å². The third-order valence-electron chi connectivity index (χ3n) is 1.83. The van der Waals surface area contributed by atoms with E-state index in [4.69, 9.17) is 9.79 Å². The van der Waals surface area contributed by atoms with E-state index < -0.39 is 38.9 Å². The monoisotopic (exact) mass is 286 g/mol. The first-order valence-electron chi connectivity index (χ1n) is 4.56. The largest absolute Gasteiger partial charge is 0.469 e. The minimum absolute atomic E-state index is 0.0321. The first kappa shape index (κ1) is 16.8. The highest BCUT2D eigenvalue weighted by atomic mass is 31.2. The molecular weight excluding hydrogens is 274 g/mol. The molecule has 0 amide bonds. The van der Waals surface area contributed by atoms with Crippen molar-refractivity contribution >= 4 is 7.82 Å². The van der Waals surface area contributed by atoms with Gasteiger partial charge in [0.2, 0.25) is 0 Å². The second kappa shape index (κ2) is 6.08. The molecule has 2 unspecified atom stereocenters. The molecule has 10 heteroatoms. The molecular formula is C7H12F5O4P. The standard InChI is InChI=1S/C7H12F5O4P/c1-2-3-4(16-17(13,14)15)5(8)7(11,12)6(9)10/h4-6H,2-3H2,1H3,(H2,13,14,15). The highest BCUT2D eigenvalue weighted by Gasteiger charge is 2.54. The molecule has 0 bridgehead atoms. The van der Waals surface area contributed by atoms with Crippen LogP contribution in [0.2, 0.25) is 0 Å². The van der Waals surface area contributed by atoms with Gasteiger partial charge in [0.25, 0.3) is 0 Å². The molecule has 0 aliphatic heterocycles. The summed E-state index contributed by atoms with van der Waals surface area (Å²) in [4.78, 5) is 16.7. The molecule has 0 aromatic rings. The van der Waals surface area contributed by atoms with Crippen LogP contribution < -0.4 is 0 Å². The first-order chi connectivity index (χ1) is 7.52. The van der Waals surface area contributed by atoms with Gasteiger partial charge in [-0.25, -0.2) is 17.7 Å². The van der Waals surface area contributed by atoms with Crippen molar-refractivity contribution in [2.45, 2.75) is 44.4 Å². The Morgan fingerprint density at radius 3 is 2.06 bits per heavy atom. The lowest BCUT2D eigenvalue weighted by Crippen LogP contribution is -2.45. The van der Waals surface area contributed by atoms with Gasteiger partial charge in [-0.05, 0) is 6.42 Å². The molecule has 104 valence electrons. The Hall–Kier alpha value is -0.240. The Morgan fingerprint density at radius 1 is 1.29 bits per heavy atom. The van der Waals surface area contributed by atoms with Gasteiger partial charge in [0, 0.05) is 0 Å². The summed E-state index contributed by atoms with van der Waals surface area (Å²) in [7, 11) is -5.22. The number of hydrogen-bond donors (Lipinski definition) is 2. The van der Waals surface area contributed by atoms with Crippen molar-refractivity contribution < 1.29 is 40.8 Å². The summed E-state index contributed by atoms with van der Waals surface area (Å²) in [5.41, 5.74) is 0. The number of halogens is 5. The summed E-state index contributed by atoms with van der Waals surface area (Å²) in [6, 6.07) is 0. The fourth-order valence-electron chi connectivity index (χ4n) is 1.08. The van der Waals surface area contributed by atoms with Crippen LogP contribution in [0.4, 0.5) is 22.0 Å². The van der Waals surface area contributed by atoms with Crippen LogP contribution >= 0.6 is 7.82 Å². The molecule has 0 saturated heterocycles. The van der Waals surface area contributed by atoms with Crippen LogP contribution in [0.1, 0.15) is 19.8 Å². The average Bonchev–Trinajstić information content (AvgIpc) is 2.13. The highest BCUT2D eigenvalue weighted by molar-refractivity contribution is 7.46. The van der Waals surface area contributed by atoms with Crippen molar-refractivity contribution in [3.8, 4) is 0 Å². The Bertz CT molecular complexity index is 281. The van der Waals surface area contributed by atoms with Gasteiger partial charge in [0.1, 0.15) is 6.10 Å². The van der Waals surface area contributed by atoms with E-state index in [0.29, 0.717) is 0 Å². The molecule has 0 aromatic heterocycles. The van der Waals surface area contributed by atoms with E-state index in [0.717, 1.165) is 0 Å². The van der Waals surface area contributed by atoms with Crippen molar-refractivity contribution in [1.82, 2.24) is 0 Å². The Labute approximate surface area is 94.0 Å². The maximum Gasteiger partial charge on any atom is 0.469 e. The van der Waals surface area contributed by atoms with E-state index in [2.05, 4.69) is 4.52 Å². The summed E-state index contributed by atoms with van der Waals surface area (Å²) in [5, 5.41) is 0. The molecule has 0 fully saturated rings. The van der Waals surface area contributed by atoms with E-state index in [1.165, 1.54) is 6.92 Å². The molecule has 0 aliphatic rings. The number of hydrogen-bond acceptors (Lipinski definition) is 2. The number of rotatable bonds is 7. The molecule has 0 heterocycles. The predicted octanol–water partition coefficient (Wildman–Crippen LogP) is 2.50. The molecule has 0 aliphatic carbocycles. The fraction of sp³-hybridized carbons (Fsp3) is 1.00. The van der Waals surface area contributed by atoms with Gasteiger partial charge in [-0.15, -0.1) is 0 Å². The second-order valence-electron chi connectivity index (χ2n) is 3.30. The second-order valence-corrected chi connectivity index (χ2v) is 4.49. The zero-order valence-electron chi connectivity index (χ0n) is 8.69. The summed E-state index contributed by atoms with van der Waals surface area (Å²) < 4.78 is 76.2. The molecule has 2 atom stereocenters. The van der Waals surface area contributed by atoms with Crippen LogP contribution in [0.5, 0.6) is 0 Å². The summed E-state index contributed by atoms with van der Waals surface area (Å²) >= 11 is 0. The van der Waals surface area contributed by atoms with Crippen molar-refractivity contribution in [3.05, 3.63) is 0 Å². The van der Waals surface area contributed by atoms with Crippen molar-refractivity contribution in [2.75, 3.05) is 0 Å². The van der Waals surface area contributed by atoms with Crippen molar-refractivity contribution in [3.63, 3.8) is 0 Å². The quantitative estimate of drug-likeness (QED) is 0.557. The zero-order chi connectivity index (χ0) is 13.9. The summed E-state index contributed by atoms with van der Waals surface area (Å²) in [6.07, 6.45) is -10.5. The average molecular weight is 286 g/mol. The van der Waals surface area contributed by atoms with Gasteiger partial charge >= 0.3 is 20.2 Å². The Morgan fingerprint density at radius 2 is 1.76 bits per heavy atom. The molecule has 0 saturated carbocycles. The van der Waals surface area contributed by atoms with Crippen LogP contribution in [0, 0.1) is 0 Å². The molecule has 4 nitrogen and oxygen atoms in total. The number of phosphoric acid groups is 1. The van der Waals surface area contributed by atoms with Gasteiger partial charge in [-0.1, -0.05) is 13.3 Å². The normalized spacial score (nSPS) is 17.2. The van der Waals surface area contributed by atoms with Crippen molar-refractivity contribution in [1.29, 1.82) is 0 Å². The molecule has 0 rings (SSSR count). The Balaban J connectivity index is 4.88. The zero-order valence-corrected chi connectivity index (χ0v) is 9.59. The topological polar surface area (TPSA) is 66.8 Å². The summed E-state index contributed by atoms with van der Waals surface area (Å²) in [6.45, 7) is 1.39. The van der Waals surface area contributed by atoms with E-state index in [9.17, 15) is 26.5 Å². The minimum Gasteiger partial charge on any atom is -0.303 e. The van der Waals surface area contributed by atoms with Gasteiger partial charge in [0.15, 0.2) is 6.17 Å². The third-order valence-corrected chi connectivity index (χ3v) is 2.38. The molecule has 0 radical (unpaired) electrons. The van der Waals surface area contributed by atoms with E-state index in [-0.39, 0.29) is 6.42 Å². The summed E-state index contributed by atoms with van der Waals surface area (Å²) in [5.74, 6) is -5.02.